The zero-order valence-electron chi connectivity index (χ0n) is 29.3. The Bertz CT molecular complexity index is 2420. The molecule has 0 aromatic carbocycles. The highest BCUT2D eigenvalue weighted by Crippen LogP contribution is 2.40. The lowest BCUT2D eigenvalue weighted by Crippen LogP contribution is -2.33. The number of nitrogens with one attached hydrogen (secondary N) is 3. The summed E-state index contributed by atoms with van der Waals surface area (Å²) in [5, 5.41) is 2.55. The van der Waals surface area contributed by atoms with E-state index in [1.165, 1.54) is 60.3 Å². The molecule has 6 heterocycles. The van der Waals surface area contributed by atoms with Crippen molar-refractivity contribution >= 4 is 60.8 Å². The average molecular weight is 841 g/mol. The maximum absolute atomic E-state index is 14.4. The molecule has 0 unspecified atom stereocenters. The Balaban J connectivity index is 0.000000244. The van der Waals surface area contributed by atoms with Gasteiger partial charge in [-0.3, -0.25) is 0 Å². The first-order valence-corrected chi connectivity index (χ1v) is 20.2. The number of aromatic amines is 2. The van der Waals surface area contributed by atoms with Gasteiger partial charge in [-0.1, -0.05) is 0 Å². The molecule has 0 saturated carbocycles. The van der Waals surface area contributed by atoms with E-state index in [4.69, 9.17) is 4.74 Å². The molecule has 54 heavy (non-hydrogen) atoms. The number of hydrogen-bond acceptors (Lipinski definition) is 13. The van der Waals surface area contributed by atoms with E-state index in [1.807, 2.05) is 0 Å². The second kappa shape index (κ2) is 17.2. The number of halogens is 3. The summed E-state index contributed by atoms with van der Waals surface area (Å²) in [6.45, 7) is 5.82. The van der Waals surface area contributed by atoms with E-state index in [2.05, 4.69) is 35.2 Å². The van der Waals surface area contributed by atoms with Crippen molar-refractivity contribution in [3.63, 3.8) is 0 Å². The number of nitrogens with zero attached hydrogens (tertiary/aromatic N) is 5. The molecule has 6 aromatic heterocycles. The first-order valence-electron chi connectivity index (χ1n) is 15.6. The normalized spacial score (nSPS) is 11.7. The van der Waals surface area contributed by atoms with Gasteiger partial charge in [0.1, 0.15) is 14.0 Å². The molecule has 6 aromatic rings. The van der Waals surface area contributed by atoms with E-state index >= 15 is 0 Å². The molecule has 0 aliphatic heterocycles. The Kier molecular flexibility index (Phi) is 13.5. The van der Waals surface area contributed by atoms with Gasteiger partial charge in [0.15, 0.2) is 0 Å². The van der Waals surface area contributed by atoms with Gasteiger partial charge in [-0.2, -0.15) is 8.78 Å². The highest BCUT2D eigenvalue weighted by atomic mass is 35.5. The van der Waals surface area contributed by atoms with Gasteiger partial charge in [-0.05, 0) is 64.2 Å². The molecule has 0 bridgehead atoms. The maximum atomic E-state index is 14.4. The van der Waals surface area contributed by atoms with Gasteiger partial charge in [-0.25, -0.2) is 41.6 Å². The van der Waals surface area contributed by atoms with Crippen LogP contribution >= 0.6 is 35.1 Å². The van der Waals surface area contributed by atoms with Gasteiger partial charge in [0, 0.05) is 82.8 Å². The van der Waals surface area contributed by atoms with Gasteiger partial charge in [-0.15, -0.1) is 35.1 Å². The van der Waals surface area contributed by atoms with Crippen molar-refractivity contribution in [3.05, 3.63) is 95.2 Å². The summed E-state index contributed by atoms with van der Waals surface area (Å²) in [6.07, 6.45) is 7.55. The molecular weight excluding hydrogens is 806 g/mol. The molecule has 6 rings (SSSR count). The Hall–Kier alpha value is -4.60. The zero-order valence-corrected chi connectivity index (χ0v) is 33.4. The number of imidazole rings is 2. The molecule has 21 heteroatoms. The third-order valence-electron chi connectivity index (χ3n) is 6.99. The van der Waals surface area contributed by atoms with Gasteiger partial charge in [0.2, 0.25) is 41.9 Å². The highest BCUT2D eigenvalue weighted by molar-refractivity contribution is 7.93. The minimum absolute atomic E-state index is 0. The van der Waals surface area contributed by atoms with Crippen LogP contribution in [0.3, 0.4) is 0 Å². The summed E-state index contributed by atoms with van der Waals surface area (Å²) in [7, 11) is -4.60. The third kappa shape index (κ3) is 9.54. The molecule has 0 spiro atoms. The van der Waals surface area contributed by atoms with E-state index in [9.17, 15) is 30.4 Å². The number of pyridine rings is 2. The van der Waals surface area contributed by atoms with Crippen LogP contribution in [-0.4, -0.2) is 77.4 Å². The lowest BCUT2D eigenvalue weighted by molar-refractivity contribution is 0.0286. The first-order chi connectivity index (χ1) is 25.0. The number of carbonyl (C=O) groups excluding carboxylic acids is 1. The largest absolute Gasteiger partial charge is 0.444 e. The average Bonchev–Trinajstić information content (AvgIpc) is 3.93. The van der Waals surface area contributed by atoms with Crippen LogP contribution < -0.4 is 5.32 Å². The topological polar surface area (TPSA) is 193 Å². The van der Waals surface area contributed by atoms with Crippen LogP contribution in [0.5, 0.6) is 0 Å². The SMILES string of the molecule is CN(Cc1cc(-c2cccnc2F)c(S(=O)(=O)c2ncc[nH]2)s1)C(=O)OC(C)(C)C.CNCc1cc(-c2cccnc2F)c(S(=O)(=O)c2ncc[nH]2)s1.Cl. The summed E-state index contributed by atoms with van der Waals surface area (Å²) >= 11 is 2.03. The van der Waals surface area contributed by atoms with Crippen LogP contribution in [0.15, 0.2) is 92.3 Å². The number of carbonyl (C=O) groups is 1. The molecule has 14 nitrogen and oxygen atoms in total. The second-order valence-electron chi connectivity index (χ2n) is 12.2. The number of ether oxygens (including phenoxy) is 1. The van der Waals surface area contributed by atoms with E-state index < -0.39 is 43.3 Å². The van der Waals surface area contributed by atoms with E-state index in [0.717, 1.165) is 27.6 Å². The monoisotopic (exact) mass is 840 g/mol. The number of H-pyrrole nitrogens is 2. The third-order valence-corrected chi connectivity index (χ3v) is 13.5. The fourth-order valence-corrected chi connectivity index (χ4v) is 10.7. The predicted octanol–water partition coefficient (Wildman–Crippen LogP) is 6.52. The Morgan fingerprint density at radius 3 is 1.67 bits per heavy atom. The van der Waals surface area contributed by atoms with Crippen molar-refractivity contribution in [1.29, 1.82) is 0 Å². The van der Waals surface area contributed by atoms with E-state index in [-0.39, 0.29) is 54.4 Å². The molecule has 0 saturated heterocycles. The summed E-state index contributed by atoms with van der Waals surface area (Å²) in [4.78, 5) is 34.9. The molecule has 288 valence electrons. The fraction of sp³-hybridized carbons (Fsp3) is 0.242. The summed E-state index contributed by atoms with van der Waals surface area (Å²) < 4.78 is 85.4. The number of hydrogen-bond donors (Lipinski definition) is 3. The Morgan fingerprint density at radius 2 is 1.26 bits per heavy atom. The molecule has 0 atom stereocenters. The molecule has 3 N–H and O–H groups in total. The van der Waals surface area contributed by atoms with Crippen LogP contribution in [0.2, 0.25) is 0 Å². The van der Waals surface area contributed by atoms with Gasteiger partial charge >= 0.3 is 6.09 Å². The zero-order chi connectivity index (χ0) is 38.6. The second-order valence-corrected chi connectivity index (χ2v) is 18.6. The van der Waals surface area contributed by atoms with Crippen LogP contribution in [0.4, 0.5) is 13.6 Å². The minimum Gasteiger partial charge on any atom is -0.444 e. The molecule has 0 aliphatic carbocycles. The number of amides is 1. The number of sulfone groups is 2. The molecule has 0 aliphatic rings. The van der Waals surface area contributed by atoms with Crippen molar-refractivity contribution in [2.24, 2.45) is 0 Å². The number of thiophene rings is 2. The first kappa shape index (κ1) is 42.1. The quantitative estimate of drug-likeness (QED) is 0.127. The molecule has 0 radical (unpaired) electrons. The standard InChI is InChI=1S/C19H21FN4O4S2.C14H13FN4O2S2.ClH/c1-19(2,3)28-18(25)24(4)11-12-10-14(13-6-5-7-21-15(13)20)16(29-12)30(26,27)17-22-8-9-23-17;1-16-8-9-7-11(10-3-2-4-17-12(10)15)13(22-9)23(20,21)14-18-5-6-19-14;/h5-10H,11H2,1-4H3,(H,22,23);2-7,16H,8H2,1H3,(H,18,19);1H. The van der Waals surface area contributed by atoms with Crippen molar-refractivity contribution in [1.82, 2.24) is 40.1 Å². The van der Waals surface area contributed by atoms with Crippen molar-refractivity contribution in [2.75, 3.05) is 14.1 Å². The molecular formula is C33H35ClF2N8O6S4. The fourth-order valence-electron chi connectivity index (χ4n) is 4.74. The lowest BCUT2D eigenvalue weighted by Gasteiger charge is -2.24. The van der Waals surface area contributed by atoms with Crippen LogP contribution in [0.25, 0.3) is 22.3 Å². The van der Waals surface area contributed by atoms with Crippen LogP contribution in [0.1, 0.15) is 30.5 Å². The van der Waals surface area contributed by atoms with Crippen molar-refractivity contribution in [2.45, 2.75) is 58.2 Å². The minimum atomic E-state index is -4.03. The van der Waals surface area contributed by atoms with Crippen LogP contribution in [-0.2, 0) is 37.5 Å². The maximum Gasteiger partial charge on any atom is 0.410 e. The lowest BCUT2D eigenvalue weighted by atomic mass is 10.1. The van der Waals surface area contributed by atoms with Gasteiger partial charge in [0.25, 0.3) is 0 Å². The number of aromatic nitrogens is 6. The van der Waals surface area contributed by atoms with Crippen molar-refractivity contribution in [3.8, 4) is 22.3 Å². The highest BCUT2D eigenvalue weighted by Gasteiger charge is 2.31. The summed E-state index contributed by atoms with van der Waals surface area (Å²) in [5.74, 6) is -1.50. The predicted molar refractivity (Wildman–Crippen MR) is 201 cm³/mol. The Labute approximate surface area is 324 Å². The van der Waals surface area contributed by atoms with Crippen LogP contribution in [0, 0.1) is 11.9 Å². The molecule has 1 amide bonds. The van der Waals surface area contributed by atoms with E-state index in [1.54, 1.807) is 53.1 Å². The van der Waals surface area contributed by atoms with E-state index in [0.29, 0.717) is 17.0 Å². The Morgan fingerprint density at radius 1 is 0.796 bits per heavy atom. The summed E-state index contributed by atoms with van der Waals surface area (Å²) in [6, 6.07) is 9.25. The van der Waals surface area contributed by atoms with Gasteiger partial charge < -0.3 is 24.9 Å². The smallest absolute Gasteiger partial charge is 0.410 e. The number of rotatable bonds is 10. The molecule has 0 fully saturated rings. The van der Waals surface area contributed by atoms with Crippen molar-refractivity contribution < 1.29 is 35.1 Å². The summed E-state index contributed by atoms with van der Waals surface area (Å²) in [5.41, 5.74) is -0.0170. The van der Waals surface area contributed by atoms with Gasteiger partial charge in [0.05, 0.1) is 6.54 Å².